The van der Waals surface area contributed by atoms with Gasteiger partial charge in [-0.15, -0.1) is 0 Å². The Hall–Kier alpha value is -2.87. The van der Waals surface area contributed by atoms with E-state index in [2.05, 4.69) is 10.4 Å². The van der Waals surface area contributed by atoms with Gasteiger partial charge in [-0.25, -0.2) is 9.59 Å². The minimum Gasteiger partial charge on any atom is -0.419 e. The first kappa shape index (κ1) is 16.0. The molecule has 1 fully saturated rings. The van der Waals surface area contributed by atoms with Crippen LogP contribution in [0.5, 0.6) is 0 Å². The Balaban J connectivity index is 1.79. The topological polar surface area (TPSA) is 103 Å². The van der Waals surface area contributed by atoms with E-state index in [1.54, 1.807) is 23.0 Å². The fourth-order valence-corrected chi connectivity index (χ4v) is 2.32. The third-order valence-electron chi connectivity index (χ3n) is 3.38. The number of hydrogen-bond acceptors (Lipinski definition) is 7. The molecule has 0 saturated carbocycles. The van der Waals surface area contributed by atoms with Crippen LogP contribution in [0.4, 0.5) is 5.69 Å². The predicted octanol–water partition coefficient (Wildman–Crippen LogP) is 1.16. The van der Waals surface area contributed by atoms with Crippen LogP contribution in [0.25, 0.3) is 10.9 Å². The number of carbonyl (C=O) groups is 2. The molecule has 126 valence electrons. The van der Waals surface area contributed by atoms with Crippen molar-refractivity contribution in [2.45, 2.75) is 26.2 Å². The number of hydrogen-bond donors (Lipinski definition) is 2. The van der Waals surface area contributed by atoms with Gasteiger partial charge in [0.2, 0.25) is 0 Å². The normalized spacial score (nSPS) is 16.7. The van der Waals surface area contributed by atoms with Crippen LogP contribution < -0.4 is 5.32 Å². The van der Waals surface area contributed by atoms with Crippen LogP contribution in [0.15, 0.2) is 36.2 Å². The molecule has 8 nitrogen and oxygen atoms in total. The first-order chi connectivity index (χ1) is 11.4. The van der Waals surface area contributed by atoms with Gasteiger partial charge in [0.15, 0.2) is 5.57 Å². The third-order valence-corrected chi connectivity index (χ3v) is 3.38. The van der Waals surface area contributed by atoms with Crippen molar-refractivity contribution in [3.05, 3.63) is 36.2 Å². The monoisotopic (exact) mass is 331 g/mol. The SMILES string of the molecule is CC1(C)OC(=O)C(=CNc2ccc3nn(CCO)cc3c2)C(=O)O1. The number of carbonyl (C=O) groups excluding carboxylic acids is 2. The van der Waals surface area contributed by atoms with E-state index in [1.807, 2.05) is 6.07 Å². The van der Waals surface area contributed by atoms with E-state index in [-0.39, 0.29) is 12.2 Å². The second-order valence-electron chi connectivity index (χ2n) is 5.77. The fourth-order valence-electron chi connectivity index (χ4n) is 2.32. The quantitative estimate of drug-likeness (QED) is 0.492. The standard InChI is InChI=1S/C16H17N3O5/c1-16(2)23-14(21)12(15(22)24-16)8-17-11-3-4-13-10(7-11)9-19(18-13)5-6-20/h3-4,7-9,17,20H,5-6H2,1-2H3. The highest BCUT2D eigenvalue weighted by Crippen LogP contribution is 2.23. The van der Waals surface area contributed by atoms with E-state index < -0.39 is 17.7 Å². The second kappa shape index (κ2) is 5.97. The molecule has 1 aromatic carbocycles. The van der Waals surface area contributed by atoms with Gasteiger partial charge in [-0.05, 0) is 18.2 Å². The molecule has 3 rings (SSSR count). The zero-order valence-electron chi connectivity index (χ0n) is 13.3. The van der Waals surface area contributed by atoms with Crippen molar-refractivity contribution in [2.24, 2.45) is 0 Å². The number of nitrogens with one attached hydrogen (secondary N) is 1. The van der Waals surface area contributed by atoms with Gasteiger partial charge >= 0.3 is 11.9 Å². The molecule has 0 radical (unpaired) electrons. The molecule has 2 aromatic rings. The van der Waals surface area contributed by atoms with E-state index >= 15 is 0 Å². The first-order valence-corrected chi connectivity index (χ1v) is 7.39. The molecule has 0 atom stereocenters. The number of nitrogens with zero attached hydrogens (tertiary/aromatic N) is 2. The fraction of sp³-hybridized carbons (Fsp3) is 0.312. The molecule has 1 saturated heterocycles. The number of benzene rings is 1. The van der Waals surface area contributed by atoms with Gasteiger partial charge in [-0.1, -0.05) is 0 Å². The smallest absolute Gasteiger partial charge is 0.350 e. The van der Waals surface area contributed by atoms with Crippen LogP contribution in [-0.4, -0.2) is 39.2 Å². The molecule has 8 heteroatoms. The largest absolute Gasteiger partial charge is 0.419 e. The minimum absolute atomic E-state index is 0.00572. The minimum atomic E-state index is -1.26. The maximum atomic E-state index is 11.9. The van der Waals surface area contributed by atoms with Crippen LogP contribution in [0.2, 0.25) is 0 Å². The summed E-state index contributed by atoms with van der Waals surface area (Å²) in [4.78, 5) is 23.7. The average Bonchev–Trinajstić information content (AvgIpc) is 2.87. The van der Waals surface area contributed by atoms with E-state index in [4.69, 9.17) is 14.6 Å². The summed E-state index contributed by atoms with van der Waals surface area (Å²) in [6, 6.07) is 5.38. The third kappa shape index (κ3) is 3.23. The Morgan fingerprint density at radius 2 is 2.00 bits per heavy atom. The van der Waals surface area contributed by atoms with E-state index in [0.717, 1.165) is 10.9 Å². The van der Waals surface area contributed by atoms with Crippen LogP contribution >= 0.6 is 0 Å². The van der Waals surface area contributed by atoms with Gasteiger partial charge in [0.05, 0.1) is 18.7 Å². The maximum absolute atomic E-state index is 11.9. The summed E-state index contributed by atoms with van der Waals surface area (Å²) in [5, 5.41) is 17.0. The van der Waals surface area contributed by atoms with Gasteiger partial charge in [0, 0.05) is 37.3 Å². The predicted molar refractivity (Wildman–Crippen MR) is 84.8 cm³/mol. The molecule has 24 heavy (non-hydrogen) atoms. The summed E-state index contributed by atoms with van der Waals surface area (Å²) in [6.45, 7) is 3.40. The summed E-state index contributed by atoms with van der Waals surface area (Å²) >= 11 is 0. The summed E-state index contributed by atoms with van der Waals surface area (Å²) in [5.74, 6) is -2.73. The van der Waals surface area contributed by atoms with Crippen molar-refractivity contribution in [3.63, 3.8) is 0 Å². The van der Waals surface area contributed by atoms with Gasteiger partial charge in [-0.2, -0.15) is 5.10 Å². The van der Waals surface area contributed by atoms with Crippen LogP contribution in [-0.2, 0) is 25.6 Å². The molecule has 1 aliphatic heterocycles. The number of anilines is 1. The number of rotatable bonds is 4. The Bertz CT molecular complexity index is 815. The number of aliphatic hydroxyl groups excluding tert-OH is 1. The second-order valence-corrected chi connectivity index (χ2v) is 5.77. The highest BCUT2D eigenvalue weighted by molar-refractivity contribution is 6.15. The van der Waals surface area contributed by atoms with Crippen LogP contribution in [0, 0.1) is 0 Å². The molecular formula is C16H17N3O5. The molecule has 0 aliphatic carbocycles. The summed E-state index contributed by atoms with van der Waals surface area (Å²) in [7, 11) is 0. The molecule has 0 unspecified atom stereocenters. The lowest BCUT2D eigenvalue weighted by atomic mass is 10.2. The van der Waals surface area contributed by atoms with Crippen molar-refractivity contribution in [2.75, 3.05) is 11.9 Å². The zero-order valence-corrected chi connectivity index (χ0v) is 13.3. The highest BCUT2D eigenvalue weighted by atomic mass is 16.7. The lowest BCUT2D eigenvalue weighted by molar-refractivity contribution is -0.222. The maximum Gasteiger partial charge on any atom is 0.350 e. The Morgan fingerprint density at radius 1 is 1.29 bits per heavy atom. The van der Waals surface area contributed by atoms with Crippen molar-refractivity contribution < 1.29 is 24.2 Å². The number of cyclic esters (lactones) is 2. The molecule has 1 aromatic heterocycles. The molecule has 2 N–H and O–H groups in total. The van der Waals surface area contributed by atoms with E-state index in [1.165, 1.54) is 20.0 Å². The molecule has 1 aliphatic rings. The number of esters is 2. The molecule has 0 bridgehead atoms. The van der Waals surface area contributed by atoms with Gasteiger partial charge in [-0.3, -0.25) is 4.68 Å². The first-order valence-electron chi connectivity index (χ1n) is 7.39. The van der Waals surface area contributed by atoms with E-state index in [9.17, 15) is 9.59 Å². The Labute approximate surface area is 137 Å². The zero-order chi connectivity index (χ0) is 17.3. The number of aromatic nitrogens is 2. The van der Waals surface area contributed by atoms with E-state index in [0.29, 0.717) is 12.2 Å². The number of aliphatic hydroxyl groups is 1. The average molecular weight is 331 g/mol. The Kier molecular flexibility index (Phi) is 3.98. The molecular weight excluding hydrogens is 314 g/mol. The van der Waals surface area contributed by atoms with Crippen molar-refractivity contribution in [1.29, 1.82) is 0 Å². The van der Waals surface area contributed by atoms with Gasteiger partial charge in [0.25, 0.3) is 5.79 Å². The lowest BCUT2D eigenvalue weighted by Gasteiger charge is -2.29. The molecule has 0 spiro atoms. The highest BCUT2D eigenvalue weighted by Gasteiger charge is 2.38. The summed E-state index contributed by atoms with van der Waals surface area (Å²) in [6.07, 6.45) is 3.06. The van der Waals surface area contributed by atoms with Crippen molar-refractivity contribution in [3.8, 4) is 0 Å². The number of ether oxygens (including phenoxy) is 2. The van der Waals surface area contributed by atoms with Gasteiger partial charge < -0.3 is 19.9 Å². The summed E-state index contributed by atoms with van der Waals surface area (Å²) < 4.78 is 11.7. The molecule has 2 heterocycles. The van der Waals surface area contributed by atoms with Gasteiger partial charge in [0.1, 0.15) is 0 Å². The number of fused-ring (bicyclic) bond motifs is 1. The van der Waals surface area contributed by atoms with Crippen molar-refractivity contribution in [1.82, 2.24) is 9.78 Å². The lowest BCUT2D eigenvalue weighted by Crippen LogP contribution is -2.42. The molecule has 0 amide bonds. The summed E-state index contributed by atoms with van der Waals surface area (Å²) in [5.41, 5.74) is 1.24. The van der Waals surface area contributed by atoms with Crippen LogP contribution in [0.3, 0.4) is 0 Å². The van der Waals surface area contributed by atoms with Crippen LogP contribution in [0.1, 0.15) is 13.8 Å². The Morgan fingerprint density at radius 3 is 2.67 bits per heavy atom. The van der Waals surface area contributed by atoms with Crippen molar-refractivity contribution >= 4 is 28.5 Å².